The first-order chi connectivity index (χ1) is 12.7. The van der Waals surface area contributed by atoms with Crippen molar-refractivity contribution < 1.29 is 19.1 Å². The summed E-state index contributed by atoms with van der Waals surface area (Å²) in [6, 6.07) is 12.3. The van der Waals surface area contributed by atoms with Crippen LogP contribution in [0.25, 0.3) is 0 Å². The molecule has 0 spiro atoms. The molecule has 0 fully saturated rings. The van der Waals surface area contributed by atoms with E-state index in [0.717, 1.165) is 10.0 Å². The van der Waals surface area contributed by atoms with Crippen LogP contribution in [0.15, 0.2) is 46.9 Å². The molecule has 2 amide bonds. The highest BCUT2D eigenvalue weighted by Crippen LogP contribution is 2.30. The fourth-order valence-electron chi connectivity index (χ4n) is 2.38. The van der Waals surface area contributed by atoms with Crippen LogP contribution >= 0.6 is 15.9 Å². The third kappa shape index (κ3) is 5.72. The molecule has 0 saturated carbocycles. The van der Waals surface area contributed by atoms with Crippen molar-refractivity contribution in [1.82, 2.24) is 10.9 Å². The molecule has 0 atom stereocenters. The SMILES string of the molecule is COc1ccccc1OCC(=O)NNC(=O)c1ccc(C(C)(C)C)c(Br)c1. The van der Waals surface area contributed by atoms with Gasteiger partial charge in [-0.15, -0.1) is 0 Å². The summed E-state index contributed by atoms with van der Waals surface area (Å²) in [6.07, 6.45) is 0. The smallest absolute Gasteiger partial charge is 0.276 e. The number of rotatable bonds is 5. The van der Waals surface area contributed by atoms with E-state index in [0.29, 0.717) is 17.1 Å². The van der Waals surface area contributed by atoms with Gasteiger partial charge in [0, 0.05) is 10.0 Å². The molecule has 0 heterocycles. The summed E-state index contributed by atoms with van der Waals surface area (Å²) >= 11 is 3.50. The fourth-order valence-corrected chi connectivity index (χ4v) is 3.35. The van der Waals surface area contributed by atoms with E-state index in [1.54, 1.807) is 36.4 Å². The predicted octanol–water partition coefficient (Wildman–Crippen LogP) is 3.60. The van der Waals surface area contributed by atoms with Gasteiger partial charge in [-0.05, 0) is 35.2 Å². The first kappa shape index (κ1) is 20.8. The van der Waals surface area contributed by atoms with Crippen molar-refractivity contribution in [3.05, 3.63) is 58.1 Å². The lowest BCUT2D eigenvalue weighted by molar-refractivity contribution is -0.123. The summed E-state index contributed by atoms with van der Waals surface area (Å²) in [4.78, 5) is 24.1. The summed E-state index contributed by atoms with van der Waals surface area (Å²) in [6.45, 7) is 6.02. The maximum atomic E-state index is 12.2. The number of para-hydroxylation sites is 2. The highest BCUT2D eigenvalue weighted by molar-refractivity contribution is 9.10. The van der Waals surface area contributed by atoms with Gasteiger partial charge in [0.1, 0.15) is 0 Å². The van der Waals surface area contributed by atoms with Gasteiger partial charge in [-0.1, -0.05) is 54.9 Å². The Balaban J connectivity index is 1.89. The van der Waals surface area contributed by atoms with Gasteiger partial charge in [-0.25, -0.2) is 0 Å². The summed E-state index contributed by atoms with van der Waals surface area (Å²) < 4.78 is 11.4. The van der Waals surface area contributed by atoms with Crippen LogP contribution in [0.3, 0.4) is 0 Å². The average Bonchev–Trinajstić information content (AvgIpc) is 2.63. The van der Waals surface area contributed by atoms with Crippen LogP contribution in [0.4, 0.5) is 0 Å². The predicted molar refractivity (Wildman–Crippen MR) is 107 cm³/mol. The fraction of sp³-hybridized carbons (Fsp3) is 0.300. The molecular weight excluding hydrogens is 412 g/mol. The van der Waals surface area contributed by atoms with Crippen LogP contribution in [0, 0.1) is 0 Å². The molecule has 0 aliphatic carbocycles. The van der Waals surface area contributed by atoms with Gasteiger partial charge in [0.2, 0.25) is 0 Å². The van der Waals surface area contributed by atoms with Crippen molar-refractivity contribution in [2.75, 3.05) is 13.7 Å². The van der Waals surface area contributed by atoms with E-state index in [1.807, 2.05) is 6.07 Å². The van der Waals surface area contributed by atoms with Crippen molar-refractivity contribution in [2.45, 2.75) is 26.2 Å². The Morgan fingerprint density at radius 1 is 1.04 bits per heavy atom. The number of hydrazine groups is 1. The number of amides is 2. The molecule has 0 aromatic heterocycles. The standard InChI is InChI=1S/C20H23BrN2O4/c1-20(2,3)14-10-9-13(11-15(14)21)19(25)23-22-18(24)12-27-17-8-6-5-7-16(17)26-4/h5-11H,12H2,1-4H3,(H,22,24)(H,23,25). The zero-order valence-corrected chi connectivity index (χ0v) is 17.3. The molecule has 2 N–H and O–H groups in total. The van der Waals surface area contributed by atoms with Crippen molar-refractivity contribution in [1.29, 1.82) is 0 Å². The lowest BCUT2D eigenvalue weighted by atomic mass is 9.86. The van der Waals surface area contributed by atoms with Crippen molar-refractivity contribution in [3.8, 4) is 11.5 Å². The van der Waals surface area contributed by atoms with Crippen LogP contribution in [0.1, 0.15) is 36.7 Å². The van der Waals surface area contributed by atoms with Gasteiger partial charge >= 0.3 is 0 Å². The van der Waals surface area contributed by atoms with E-state index in [4.69, 9.17) is 9.47 Å². The molecule has 27 heavy (non-hydrogen) atoms. The molecule has 144 valence electrons. The molecule has 0 unspecified atom stereocenters. The molecule has 0 saturated heterocycles. The Bertz CT molecular complexity index is 831. The molecule has 0 radical (unpaired) electrons. The minimum atomic E-state index is -0.486. The second-order valence-electron chi connectivity index (χ2n) is 6.89. The summed E-state index contributed by atoms with van der Waals surface area (Å²) in [5, 5.41) is 0. The molecule has 2 aromatic rings. The van der Waals surface area contributed by atoms with Gasteiger partial charge in [-0.3, -0.25) is 20.4 Å². The number of hydrogen-bond acceptors (Lipinski definition) is 4. The van der Waals surface area contributed by atoms with E-state index < -0.39 is 11.8 Å². The molecule has 2 aromatic carbocycles. The lowest BCUT2D eigenvalue weighted by Gasteiger charge is -2.21. The van der Waals surface area contributed by atoms with E-state index >= 15 is 0 Å². The maximum absolute atomic E-state index is 12.2. The second-order valence-corrected chi connectivity index (χ2v) is 7.74. The second kappa shape index (κ2) is 8.90. The van der Waals surface area contributed by atoms with Crippen molar-refractivity contribution in [2.24, 2.45) is 0 Å². The third-order valence-electron chi connectivity index (χ3n) is 3.78. The number of halogens is 1. The Hall–Kier alpha value is -2.54. The molecule has 6 nitrogen and oxygen atoms in total. The van der Waals surface area contributed by atoms with Crippen LogP contribution in [-0.2, 0) is 10.2 Å². The molecule has 0 aliphatic rings. The number of carbonyl (C=O) groups excluding carboxylic acids is 2. The summed E-state index contributed by atoms with van der Waals surface area (Å²) in [5.41, 5.74) is 6.19. The third-order valence-corrected chi connectivity index (χ3v) is 4.44. The van der Waals surface area contributed by atoms with E-state index in [1.165, 1.54) is 7.11 Å². The van der Waals surface area contributed by atoms with Gasteiger partial charge < -0.3 is 9.47 Å². The van der Waals surface area contributed by atoms with Gasteiger partial charge in [0.25, 0.3) is 11.8 Å². The zero-order chi connectivity index (χ0) is 20.0. The number of hydrogen-bond donors (Lipinski definition) is 2. The highest BCUT2D eigenvalue weighted by Gasteiger charge is 2.18. The van der Waals surface area contributed by atoms with E-state index in [9.17, 15) is 9.59 Å². The number of methoxy groups -OCH3 is 1. The van der Waals surface area contributed by atoms with Crippen molar-refractivity contribution in [3.63, 3.8) is 0 Å². The zero-order valence-electron chi connectivity index (χ0n) is 15.8. The van der Waals surface area contributed by atoms with Crippen LogP contribution in [-0.4, -0.2) is 25.5 Å². The Morgan fingerprint density at radius 3 is 2.30 bits per heavy atom. The maximum Gasteiger partial charge on any atom is 0.276 e. The lowest BCUT2D eigenvalue weighted by Crippen LogP contribution is -2.43. The van der Waals surface area contributed by atoms with Crippen LogP contribution < -0.4 is 20.3 Å². The van der Waals surface area contributed by atoms with Gasteiger partial charge in [-0.2, -0.15) is 0 Å². The molecular formula is C20H23BrN2O4. The van der Waals surface area contributed by atoms with Gasteiger partial charge in [0.15, 0.2) is 18.1 Å². The van der Waals surface area contributed by atoms with Gasteiger partial charge in [0.05, 0.1) is 7.11 Å². The minimum Gasteiger partial charge on any atom is -0.493 e. The van der Waals surface area contributed by atoms with Crippen LogP contribution in [0.5, 0.6) is 11.5 Å². The molecule has 0 bridgehead atoms. The highest BCUT2D eigenvalue weighted by atomic mass is 79.9. The monoisotopic (exact) mass is 434 g/mol. The quantitative estimate of drug-likeness (QED) is 0.704. The minimum absolute atomic E-state index is 0.0438. The summed E-state index contributed by atoms with van der Waals surface area (Å²) in [5.74, 6) is 0.0720. The number of ether oxygens (including phenoxy) is 2. The van der Waals surface area contributed by atoms with Crippen molar-refractivity contribution >= 4 is 27.7 Å². The summed E-state index contributed by atoms with van der Waals surface area (Å²) in [7, 11) is 1.52. The first-order valence-electron chi connectivity index (χ1n) is 8.37. The molecule has 2 rings (SSSR count). The number of nitrogens with one attached hydrogen (secondary N) is 2. The van der Waals surface area contributed by atoms with Crippen LogP contribution in [0.2, 0.25) is 0 Å². The Morgan fingerprint density at radius 2 is 1.70 bits per heavy atom. The van der Waals surface area contributed by atoms with E-state index in [2.05, 4.69) is 47.6 Å². The average molecular weight is 435 g/mol. The Kier molecular flexibility index (Phi) is 6.85. The molecule has 0 aliphatic heterocycles. The van der Waals surface area contributed by atoms with E-state index in [-0.39, 0.29) is 12.0 Å². The number of benzene rings is 2. The molecule has 7 heteroatoms. The Labute approximate surface area is 167 Å². The number of carbonyl (C=O) groups is 2. The largest absolute Gasteiger partial charge is 0.493 e. The first-order valence-corrected chi connectivity index (χ1v) is 9.16. The topological polar surface area (TPSA) is 76.7 Å². The normalized spacial score (nSPS) is 10.9.